The summed E-state index contributed by atoms with van der Waals surface area (Å²) in [6.45, 7) is 0.589. The Balaban J connectivity index is 1.33. The van der Waals surface area contributed by atoms with Gasteiger partial charge in [-0.25, -0.2) is 4.98 Å². The number of carbonyl (C=O) groups is 1. The van der Waals surface area contributed by atoms with E-state index in [9.17, 15) is 4.79 Å². The molecule has 0 aliphatic heterocycles. The molecule has 31 heavy (non-hydrogen) atoms. The van der Waals surface area contributed by atoms with Crippen LogP contribution in [0.2, 0.25) is 0 Å². The van der Waals surface area contributed by atoms with Gasteiger partial charge in [0.1, 0.15) is 5.82 Å². The third-order valence-corrected chi connectivity index (χ3v) is 6.46. The van der Waals surface area contributed by atoms with E-state index in [1.54, 1.807) is 0 Å². The zero-order chi connectivity index (χ0) is 21.8. The number of benzene rings is 2. The van der Waals surface area contributed by atoms with Crippen molar-refractivity contribution in [2.75, 3.05) is 24.3 Å². The molecular formula is C24H28IN5O. The van der Waals surface area contributed by atoms with Crippen molar-refractivity contribution in [3.8, 4) is 0 Å². The quantitative estimate of drug-likeness (QED) is 0.458. The highest BCUT2D eigenvalue weighted by atomic mass is 127. The van der Waals surface area contributed by atoms with Crippen LogP contribution in [0.1, 0.15) is 31.2 Å². The van der Waals surface area contributed by atoms with E-state index in [1.165, 1.54) is 3.57 Å². The first-order chi connectivity index (χ1) is 15.0. The Morgan fingerprint density at radius 3 is 2.58 bits per heavy atom. The summed E-state index contributed by atoms with van der Waals surface area (Å²) in [6.07, 6.45) is 3.64. The first kappa shape index (κ1) is 21.8. The topological polar surface area (TPSA) is 70.2 Å². The molecule has 1 fully saturated rings. The van der Waals surface area contributed by atoms with Crippen LogP contribution in [0.4, 0.5) is 11.8 Å². The molecule has 0 bridgehead atoms. The number of anilines is 2. The van der Waals surface area contributed by atoms with E-state index in [2.05, 4.69) is 57.5 Å². The van der Waals surface area contributed by atoms with Crippen molar-refractivity contribution < 1.29 is 4.79 Å². The minimum absolute atomic E-state index is 0.0793. The summed E-state index contributed by atoms with van der Waals surface area (Å²) in [7, 11) is 4.00. The summed E-state index contributed by atoms with van der Waals surface area (Å²) < 4.78 is 1.18. The van der Waals surface area contributed by atoms with Crippen LogP contribution >= 0.6 is 22.6 Å². The summed E-state index contributed by atoms with van der Waals surface area (Å²) in [6, 6.07) is 16.6. The second kappa shape index (κ2) is 9.80. The molecule has 1 saturated carbocycles. The molecule has 0 atom stereocenters. The molecule has 6 nitrogen and oxygen atoms in total. The number of nitrogens with one attached hydrogen (secondary N) is 2. The lowest BCUT2D eigenvalue weighted by Crippen LogP contribution is -2.35. The number of halogens is 1. The number of para-hydroxylation sites is 1. The largest absolute Gasteiger partial charge is 0.362 e. The maximum absolute atomic E-state index is 12.6. The fraction of sp³-hybridized carbons (Fsp3) is 0.375. The van der Waals surface area contributed by atoms with Crippen molar-refractivity contribution in [3.63, 3.8) is 0 Å². The van der Waals surface area contributed by atoms with Crippen molar-refractivity contribution in [2.24, 2.45) is 5.92 Å². The lowest BCUT2D eigenvalue weighted by molar-refractivity contribution is -0.126. The summed E-state index contributed by atoms with van der Waals surface area (Å²) in [4.78, 5) is 24.1. The molecule has 1 aliphatic carbocycles. The smallest absolute Gasteiger partial charge is 0.225 e. The van der Waals surface area contributed by atoms with Gasteiger partial charge in [-0.3, -0.25) is 4.79 Å². The molecule has 1 amide bonds. The molecular weight excluding hydrogens is 501 g/mol. The Bertz CT molecular complexity index is 1060. The number of amides is 1. The van der Waals surface area contributed by atoms with Crippen LogP contribution in [0, 0.1) is 9.49 Å². The number of hydrogen-bond acceptors (Lipinski definition) is 5. The number of aromatic nitrogens is 2. The zero-order valence-electron chi connectivity index (χ0n) is 17.9. The Morgan fingerprint density at radius 2 is 1.84 bits per heavy atom. The van der Waals surface area contributed by atoms with E-state index in [0.717, 1.165) is 48.0 Å². The van der Waals surface area contributed by atoms with Crippen molar-refractivity contribution in [2.45, 2.75) is 38.3 Å². The lowest BCUT2D eigenvalue weighted by Gasteiger charge is -2.28. The highest BCUT2D eigenvalue weighted by molar-refractivity contribution is 14.1. The highest BCUT2D eigenvalue weighted by Crippen LogP contribution is 2.28. The van der Waals surface area contributed by atoms with Crippen molar-refractivity contribution in [1.29, 1.82) is 0 Å². The van der Waals surface area contributed by atoms with Gasteiger partial charge in [0.2, 0.25) is 11.9 Å². The molecule has 2 N–H and O–H groups in total. The van der Waals surface area contributed by atoms with Gasteiger partial charge in [0, 0.05) is 41.6 Å². The van der Waals surface area contributed by atoms with E-state index in [0.29, 0.717) is 12.5 Å². The average molecular weight is 529 g/mol. The molecule has 1 heterocycles. The maximum atomic E-state index is 12.6. The average Bonchev–Trinajstić information content (AvgIpc) is 2.77. The summed E-state index contributed by atoms with van der Waals surface area (Å²) in [5.41, 5.74) is 2.08. The summed E-state index contributed by atoms with van der Waals surface area (Å²) >= 11 is 2.29. The Morgan fingerprint density at radius 1 is 1.06 bits per heavy atom. The predicted octanol–water partition coefficient (Wildman–Crippen LogP) is 4.59. The summed E-state index contributed by atoms with van der Waals surface area (Å²) in [5, 5.41) is 7.67. The van der Waals surface area contributed by atoms with Crippen LogP contribution in [0.3, 0.4) is 0 Å². The second-order valence-corrected chi connectivity index (χ2v) is 9.57. The monoisotopic (exact) mass is 529 g/mol. The number of fused-ring (bicyclic) bond motifs is 1. The third-order valence-electron chi connectivity index (χ3n) is 5.79. The van der Waals surface area contributed by atoms with Gasteiger partial charge in [-0.2, -0.15) is 4.98 Å². The van der Waals surface area contributed by atoms with Gasteiger partial charge in [0.05, 0.1) is 5.52 Å². The fourth-order valence-corrected chi connectivity index (χ4v) is 4.74. The second-order valence-electron chi connectivity index (χ2n) is 8.32. The van der Waals surface area contributed by atoms with Gasteiger partial charge in [0.15, 0.2) is 0 Å². The van der Waals surface area contributed by atoms with Crippen LogP contribution < -0.4 is 15.5 Å². The van der Waals surface area contributed by atoms with Gasteiger partial charge in [-0.1, -0.05) is 24.3 Å². The number of nitrogens with zero attached hydrogens (tertiary/aromatic N) is 3. The van der Waals surface area contributed by atoms with Crippen LogP contribution in [-0.4, -0.2) is 36.0 Å². The summed E-state index contributed by atoms with van der Waals surface area (Å²) in [5.74, 6) is 1.82. The van der Waals surface area contributed by atoms with Crippen LogP contribution in [-0.2, 0) is 11.3 Å². The van der Waals surface area contributed by atoms with Crippen molar-refractivity contribution in [1.82, 2.24) is 15.3 Å². The van der Waals surface area contributed by atoms with Crippen molar-refractivity contribution >= 4 is 51.2 Å². The molecule has 162 valence electrons. The minimum atomic E-state index is 0.0793. The van der Waals surface area contributed by atoms with E-state index >= 15 is 0 Å². The van der Waals surface area contributed by atoms with Crippen LogP contribution in [0.15, 0.2) is 48.5 Å². The fourth-order valence-electron chi connectivity index (χ4n) is 4.13. The van der Waals surface area contributed by atoms with Crippen molar-refractivity contribution in [3.05, 3.63) is 57.7 Å². The van der Waals surface area contributed by atoms with Gasteiger partial charge < -0.3 is 15.5 Å². The number of hydrogen-bond donors (Lipinski definition) is 2. The Kier molecular flexibility index (Phi) is 6.89. The highest BCUT2D eigenvalue weighted by Gasteiger charge is 2.26. The van der Waals surface area contributed by atoms with E-state index in [4.69, 9.17) is 9.97 Å². The van der Waals surface area contributed by atoms with Gasteiger partial charge in [0.25, 0.3) is 0 Å². The number of rotatable bonds is 6. The first-order valence-electron chi connectivity index (χ1n) is 10.7. The first-order valence-corrected chi connectivity index (χ1v) is 11.8. The molecule has 7 heteroatoms. The molecule has 1 aliphatic rings. The molecule has 4 rings (SSSR count). The van der Waals surface area contributed by atoms with Crippen LogP contribution in [0.25, 0.3) is 10.9 Å². The molecule has 1 aromatic heterocycles. The zero-order valence-corrected chi connectivity index (χ0v) is 20.1. The van der Waals surface area contributed by atoms with Gasteiger partial charge >= 0.3 is 0 Å². The number of carbonyl (C=O) groups excluding carboxylic acids is 1. The SMILES string of the molecule is CN(C)c1nc(N[C@H]2CC[C@@H](C(=O)NCc3cccc(I)c3)CC2)nc2ccccc12. The van der Waals surface area contributed by atoms with Gasteiger partial charge in [-0.15, -0.1) is 0 Å². The predicted molar refractivity (Wildman–Crippen MR) is 134 cm³/mol. The van der Waals surface area contributed by atoms with E-state index in [-0.39, 0.29) is 17.9 Å². The van der Waals surface area contributed by atoms with E-state index in [1.807, 2.05) is 43.3 Å². The Hall–Kier alpha value is -2.42. The third kappa shape index (κ3) is 5.44. The molecule has 0 spiro atoms. The maximum Gasteiger partial charge on any atom is 0.225 e. The lowest BCUT2D eigenvalue weighted by atomic mass is 9.85. The molecule has 0 unspecified atom stereocenters. The van der Waals surface area contributed by atoms with Crippen LogP contribution in [0.5, 0.6) is 0 Å². The normalized spacial score (nSPS) is 18.5. The molecule has 0 saturated heterocycles. The minimum Gasteiger partial charge on any atom is -0.362 e. The molecule has 2 aromatic carbocycles. The Labute approximate surface area is 197 Å². The molecule has 0 radical (unpaired) electrons. The van der Waals surface area contributed by atoms with E-state index < -0.39 is 0 Å². The standard InChI is InChI=1S/C24H28IN5O/c1-30(2)22-20-8-3-4-9-21(20)28-24(29-22)27-19-12-10-17(11-13-19)23(31)26-15-16-6-5-7-18(25)14-16/h3-9,14,17,19H,10-13,15H2,1-2H3,(H,26,31)(H,27,28,29)/t17-,19+. The van der Waals surface area contributed by atoms with Gasteiger partial charge in [-0.05, 0) is 78.1 Å². The molecule has 3 aromatic rings.